The van der Waals surface area contributed by atoms with Crippen LogP contribution < -0.4 is 32.3 Å². The molecule has 0 spiro atoms. The molecule has 6 aromatic rings. The van der Waals surface area contributed by atoms with Crippen LogP contribution in [0.5, 0.6) is 0 Å². The Morgan fingerprint density at radius 3 is 0.933 bits per heavy atom. The molecule has 0 aliphatic carbocycles. The minimum atomic E-state index is -1.34. The lowest BCUT2D eigenvalue weighted by Gasteiger charge is -2.28. The largest absolute Gasteiger partial charge is 0.479 e. The van der Waals surface area contributed by atoms with Gasteiger partial charge in [-0.15, -0.1) is 45.3 Å². The molecule has 4 aromatic heterocycles. The second-order valence-electron chi connectivity index (χ2n) is 28.6. The minimum Gasteiger partial charge on any atom is -0.479 e. The molecule has 652 valence electrons. The van der Waals surface area contributed by atoms with Crippen LogP contribution in [-0.4, -0.2) is 223 Å². The predicted molar refractivity (Wildman–Crippen MR) is 448 cm³/mol. The summed E-state index contributed by atoms with van der Waals surface area (Å²) in [5.41, 5.74) is -0.791. The van der Waals surface area contributed by atoms with Crippen molar-refractivity contribution in [2.75, 3.05) is 92.0 Å². The molecule has 0 bridgehead atoms. The summed E-state index contributed by atoms with van der Waals surface area (Å²) in [6, 6.07) is 31.5. The smallest absolute Gasteiger partial charge is 0.408 e. The zero-order chi connectivity index (χ0) is 87.8. The van der Waals surface area contributed by atoms with Gasteiger partial charge in [-0.2, -0.15) is 0 Å². The minimum absolute atomic E-state index is 0.00677. The number of halogens is 4. The van der Waals surface area contributed by atoms with Gasteiger partial charge in [-0.1, -0.05) is 126 Å². The molecular weight excluding hydrogens is 1760 g/mol. The van der Waals surface area contributed by atoms with E-state index >= 15 is 0 Å². The molecule has 0 radical (unpaired) electrons. The number of carbonyl (C=O) groups is 12. The molecule has 8 atom stereocenters. The van der Waals surface area contributed by atoms with E-state index in [-0.39, 0.29) is 101 Å². The number of carbonyl (C=O) groups excluding carboxylic acids is 9. The van der Waals surface area contributed by atoms with Crippen LogP contribution in [0.3, 0.4) is 0 Å². The second-order valence-corrected chi connectivity index (χ2v) is 36.2. The molecule has 12 rings (SSSR count). The van der Waals surface area contributed by atoms with E-state index in [1.807, 2.05) is 60.7 Å². The number of hydrogen-bond acceptors (Lipinski definition) is 29. The molecule has 0 saturated carbocycles. The van der Waals surface area contributed by atoms with Gasteiger partial charge in [0.05, 0.1) is 71.6 Å². The molecule has 6 unspecified atom stereocenters. The number of nitrogens with one attached hydrogen (secondary N) is 5. The van der Waals surface area contributed by atoms with Crippen LogP contribution in [0, 0.1) is 0 Å². The van der Waals surface area contributed by atoms with Gasteiger partial charge in [-0.25, -0.2) is 43.2 Å². The monoisotopic (exact) mass is 1850 g/mol. The van der Waals surface area contributed by atoms with E-state index in [9.17, 15) is 57.5 Å². The van der Waals surface area contributed by atoms with Gasteiger partial charge in [-0.05, 0) is 101 Å². The summed E-state index contributed by atoms with van der Waals surface area (Å²) in [6.45, 7) is 13.7. The van der Waals surface area contributed by atoms with E-state index in [2.05, 4.69) is 45.1 Å². The first-order valence-corrected chi connectivity index (χ1v) is 42.7. The Labute approximate surface area is 725 Å². The maximum atomic E-state index is 12.6. The molecule has 6 aliphatic heterocycles. The summed E-state index contributed by atoms with van der Waals surface area (Å²) in [6.07, 6.45) is 1.31. The third-order valence-corrected chi connectivity index (χ3v) is 22.4. The quantitative estimate of drug-likeness (QED) is 0.0184. The van der Waals surface area contributed by atoms with Gasteiger partial charge in [0.1, 0.15) is 47.5 Å². The number of carboxylic acid groups (broad SMARTS) is 3. The van der Waals surface area contributed by atoms with Crippen LogP contribution in [0.25, 0.3) is 0 Å². The molecule has 43 heteroatoms. The highest BCUT2D eigenvalue weighted by molar-refractivity contribution is 7.19. The van der Waals surface area contributed by atoms with Gasteiger partial charge < -0.3 is 104 Å². The Kier molecular flexibility index (Phi) is 39.5. The zero-order valence-electron chi connectivity index (χ0n) is 65.5. The first-order chi connectivity index (χ1) is 56.1. The Hall–Kier alpha value is -7.78. The molecule has 33 nitrogen and oxygen atoms in total. The van der Waals surface area contributed by atoms with E-state index in [1.165, 1.54) is 6.07 Å². The maximum absolute atomic E-state index is 12.6. The van der Waals surface area contributed by atoms with Crippen molar-refractivity contribution < 1.29 is 130 Å². The van der Waals surface area contributed by atoms with Crippen molar-refractivity contribution in [3.05, 3.63) is 157 Å². The highest BCUT2D eigenvalue weighted by Crippen LogP contribution is 2.31. The fourth-order valence-corrected chi connectivity index (χ4v) is 14.9. The maximum Gasteiger partial charge on any atom is 0.408 e. The van der Waals surface area contributed by atoms with Crippen LogP contribution in [-0.2, 0) is 98.8 Å². The first kappa shape index (κ1) is 100. The van der Waals surface area contributed by atoms with Crippen molar-refractivity contribution in [3.63, 3.8) is 0 Å². The number of carboxylic acids is 3. The SMILES string of the molecule is CC(C)(C)OC(=O)NC1(C(=O)O)CCOC1.CC(C)(C)OC(=O)NC1(C(=O)OCP)CCOC1.NC1(C(=O)OCP)CCOC1.O=C(NC1(C(=O)OCc2ccccc2)CCOC1)c1ccc(Cl)s1.O=C(N[C@@]1(C(=O)O)CCOC1)c1ccc(Cl)s1.O=C(N[C@@]1(C(=O)OCc2ccccc2)CCOC1)c1ccc(Cl)s1.O=C(O)c1ccc(Cl)s1. The lowest BCUT2D eigenvalue weighted by atomic mass is 9.98. The molecular formula is C76H94Cl4N6O27P2S4. The number of thiophene rings is 4. The zero-order valence-corrected chi connectivity index (χ0v) is 74.1. The van der Waals surface area contributed by atoms with Crippen molar-refractivity contribution in [1.82, 2.24) is 26.6 Å². The molecule has 6 saturated heterocycles. The third kappa shape index (κ3) is 31.9. The van der Waals surface area contributed by atoms with E-state index < -0.39 is 98.3 Å². The number of aromatic carboxylic acids is 1. The number of alkyl carbamates (subject to hydrolysis) is 2. The van der Waals surface area contributed by atoms with Gasteiger partial charge in [-0.3, -0.25) is 14.4 Å². The normalized spacial score (nSPS) is 21.9. The second kappa shape index (κ2) is 47.0. The number of amides is 5. The summed E-state index contributed by atoms with van der Waals surface area (Å²) in [4.78, 5) is 142. The molecule has 10 heterocycles. The molecule has 5 amide bonds. The van der Waals surface area contributed by atoms with Gasteiger partial charge in [0.15, 0.2) is 27.7 Å². The van der Waals surface area contributed by atoms with Gasteiger partial charge in [0.2, 0.25) is 0 Å². The summed E-state index contributed by atoms with van der Waals surface area (Å²) < 4.78 is 63.6. The van der Waals surface area contributed by atoms with E-state index in [4.69, 9.17) is 124 Å². The van der Waals surface area contributed by atoms with E-state index in [0.717, 1.165) is 56.5 Å². The topological polar surface area (TPSA) is 462 Å². The number of ether oxygens (including phenoxy) is 12. The standard InChI is InChI=1S/2C17H16ClNO4S.C11H20NO5P.C10H10ClNO4S.C10H17NO5.C6H12NO3P.C5H3ClO2S/c2*18-14-7-6-13(24-14)15(20)19-17(8-9-22-11-17)16(21)23-10-12-4-2-1-3-5-12;1-10(2,3)17-9(14)12-11(4-5-15-6-11)8(13)16-7-18;11-7-2-1-6(17-7)8(13)12-10(9(14)15)3-4-16-5-10;1-9(2,3)16-8(14)11-10(7(12)13)4-5-15-6-10;7-6(1-2-9-3-6)5(8)10-4-11;6-4-2-1-3(9-4)5(7)8/h2*1-7H,8-11H2,(H,19,20);4-7,18H2,1-3H3,(H,12,14);1-2H,3-5H2,(H,12,13)(H,14,15);4-6H2,1-3H3,(H,11,14)(H,12,13);1-4,7,11H2;1-2H,(H,7,8)/t17-;;;10-;;;/m0..0.../s1. The average molecular weight is 1860 g/mol. The van der Waals surface area contributed by atoms with Crippen molar-refractivity contribution in [1.29, 1.82) is 0 Å². The van der Waals surface area contributed by atoms with Crippen molar-refractivity contribution in [3.8, 4) is 0 Å². The summed E-state index contributed by atoms with van der Waals surface area (Å²) in [7, 11) is 4.59. The van der Waals surface area contributed by atoms with E-state index in [1.54, 1.807) is 84.0 Å². The number of esters is 4. The Bertz CT molecular complexity index is 4250. The van der Waals surface area contributed by atoms with Crippen molar-refractivity contribution >= 4 is 182 Å². The molecule has 119 heavy (non-hydrogen) atoms. The van der Waals surface area contributed by atoms with Crippen LogP contribution in [0.1, 0.15) is 130 Å². The van der Waals surface area contributed by atoms with Gasteiger partial charge in [0.25, 0.3) is 17.7 Å². The van der Waals surface area contributed by atoms with E-state index in [0.29, 0.717) is 97.3 Å². The fourth-order valence-electron chi connectivity index (χ4n) is 10.9. The first-order valence-electron chi connectivity index (χ1n) is 36.3. The molecule has 6 fully saturated rings. The Morgan fingerprint density at radius 2 is 0.664 bits per heavy atom. The Morgan fingerprint density at radius 1 is 0.387 bits per heavy atom. The number of hydrogen-bond donors (Lipinski definition) is 9. The summed E-state index contributed by atoms with van der Waals surface area (Å²) >= 11 is 27.4. The lowest BCUT2D eigenvalue weighted by molar-refractivity contribution is -0.153. The molecule has 6 aliphatic rings. The third-order valence-electron chi connectivity index (χ3n) is 17.1. The summed E-state index contributed by atoms with van der Waals surface area (Å²) in [5.74, 6) is -6.09. The summed E-state index contributed by atoms with van der Waals surface area (Å²) in [5, 5.41) is 39.5. The lowest BCUT2D eigenvalue weighted by Crippen LogP contribution is -2.56. The Balaban J connectivity index is 0.000000220. The number of benzene rings is 2. The molecule has 10 N–H and O–H groups in total. The average Bonchev–Trinajstić information content (AvgIpc) is 1.75. The fraction of sp³-hybridized carbons (Fsp3) is 0.474. The highest BCUT2D eigenvalue weighted by Gasteiger charge is 2.50. The van der Waals surface area contributed by atoms with Crippen LogP contribution in [0.2, 0.25) is 17.3 Å². The van der Waals surface area contributed by atoms with Gasteiger partial charge in [0, 0.05) is 78.2 Å². The predicted octanol–water partition coefficient (Wildman–Crippen LogP) is 10.8. The molecule has 2 aromatic carbocycles. The number of rotatable bonds is 21. The number of nitrogens with two attached hydrogens (primary N) is 1. The number of aliphatic carboxylic acids is 2. The van der Waals surface area contributed by atoms with Crippen LogP contribution >= 0.6 is 110 Å². The van der Waals surface area contributed by atoms with Crippen molar-refractivity contribution in [2.24, 2.45) is 5.73 Å². The van der Waals surface area contributed by atoms with Crippen molar-refractivity contribution in [2.45, 2.75) is 138 Å². The highest BCUT2D eigenvalue weighted by atomic mass is 35.5. The van der Waals surface area contributed by atoms with Crippen LogP contribution in [0.4, 0.5) is 9.59 Å². The van der Waals surface area contributed by atoms with Crippen LogP contribution in [0.15, 0.2) is 109 Å². The van der Waals surface area contributed by atoms with Gasteiger partial charge >= 0.3 is 54.0 Å².